The van der Waals surface area contributed by atoms with Crippen molar-refractivity contribution in [1.82, 2.24) is 4.98 Å². The van der Waals surface area contributed by atoms with Crippen LogP contribution in [0.2, 0.25) is 0 Å². The van der Waals surface area contributed by atoms with Gasteiger partial charge in [-0.25, -0.2) is 4.79 Å². The lowest BCUT2D eigenvalue weighted by atomic mass is 10.1. The minimum absolute atomic E-state index is 0.0549. The quantitative estimate of drug-likeness (QED) is 0.376. The number of carbonyl (C=O) groups is 1. The van der Waals surface area contributed by atoms with E-state index in [1.807, 2.05) is 66.9 Å². The van der Waals surface area contributed by atoms with Gasteiger partial charge in [0.15, 0.2) is 0 Å². The molecule has 0 saturated carbocycles. The van der Waals surface area contributed by atoms with Gasteiger partial charge in [-0.15, -0.1) is 0 Å². The van der Waals surface area contributed by atoms with Gasteiger partial charge in [0.1, 0.15) is 12.4 Å². The second kappa shape index (κ2) is 8.64. The average molecular weight is 428 g/mol. The molecule has 0 radical (unpaired) electrons. The molecule has 2 heterocycles. The number of nitrogens with two attached hydrogens (primary N) is 1. The lowest BCUT2D eigenvalue weighted by Gasteiger charge is -2.38. The lowest BCUT2D eigenvalue weighted by Crippen LogP contribution is -2.47. The van der Waals surface area contributed by atoms with E-state index in [9.17, 15) is 4.79 Å². The number of fused-ring (bicyclic) bond motifs is 2. The number of anilines is 3. The van der Waals surface area contributed by atoms with Gasteiger partial charge in [-0.3, -0.25) is 0 Å². The van der Waals surface area contributed by atoms with Crippen LogP contribution in [0.25, 0.3) is 10.9 Å². The van der Waals surface area contributed by atoms with Crippen LogP contribution in [-0.4, -0.2) is 30.2 Å². The standard InChI is InChI=1S/C25H25N5O2/c26-14-21-16-32-24-9-8-20(13-23(24)30(21)15-17-4-2-1-3-5-17)29-25(31)28-19-7-6-18-10-11-27-22(18)12-19/h1-13,21,27H,14-16,26H2,(H2,28,29,31). The summed E-state index contributed by atoms with van der Waals surface area (Å²) in [4.78, 5) is 18.0. The maximum absolute atomic E-state index is 12.6. The Morgan fingerprint density at radius 3 is 2.62 bits per heavy atom. The van der Waals surface area contributed by atoms with Gasteiger partial charge < -0.3 is 31.0 Å². The third kappa shape index (κ3) is 4.10. The van der Waals surface area contributed by atoms with Gasteiger partial charge >= 0.3 is 6.03 Å². The Labute approximate surface area is 186 Å². The van der Waals surface area contributed by atoms with Crippen LogP contribution >= 0.6 is 0 Å². The second-order valence-corrected chi connectivity index (χ2v) is 7.86. The van der Waals surface area contributed by atoms with Crippen LogP contribution in [0.15, 0.2) is 79.0 Å². The molecular formula is C25H25N5O2. The normalized spacial score (nSPS) is 15.2. The van der Waals surface area contributed by atoms with Gasteiger partial charge in [-0.05, 0) is 47.3 Å². The molecule has 0 fully saturated rings. The number of aromatic nitrogens is 1. The number of hydrogen-bond donors (Lipinski definition) is 4. The van der Waals surface area contributed by atoms with Crippen LogP contribution in [0, 0.1) is 0 Å². The van der Waals surface area contributed by atoms with Crippen LogP contribution < -0.4 is 26.0 Å². The first-order valence-corrected chi connectivity index (χ1v) is 10.6. The number of benzene rings is 3. The fourth-order valence-electron chi connectivity index (χ4n) is 4.02. The van der Waals surface area contributed by atoms with Gasteiger partial charge in [0.25, 0.3) is 0 Å². The van der Waals surface area contributed by atoms with E-state index in [4.69, 9.17) is 10.5 Å². The molecule has 4 aromatic rings. The molecule has 3 aromatic carbocycles. The fraction of sp³-hybridized carbons (Fsp3) is 0.160. The van der Waals surface area contributed by atoms with Crippen molar-refractivity contribution in [2.45, 2.75) is 12.6 Å². The Morgan fingerprint density at radius 2 is 1.81 bits per heavy atom. The van der Waals surface area contributed by atoms with Crippen molar-refractivity contribution in [2.75, 3.05) is 28.7 Å². The molecule has 1 atom stereocenters. The number of nitrogens with zero attached hydrogens (tertiary/aromatic N) is 1. The van der Waals surface area contributed by atoms with E-state index in [1.165, 1.54) is 5.56 Å². The zero-order valence-corrected chi connectivity index (χ0v) is 17.5. The van der Waals surface area contributed by atoms with Crippen molar-refractivity contribution in [3.63, 3.8) is 0 Å². The highest BCUT2D eigenvalue weighted by Gasteiger charge is 2.27. The van der Waals surface area contributed by atoms with Crippen molar-refractivity contribution in [3.05, 3.63) is 84.6 Å². The molecule has 1 aliphatic rings. The third-order valence-electron chi connectivity index (χ3n) is 5.68. The molecule has 2 amide bonds. The van der Waals surface area contributed by atoms with Crippen LogP contribution in [0.1, 0.15) is 5.56 Å². The Bertz CT molecular complexity index is 1240. The molecular weight excluding hydrogens is 402 g/mol. The van der Waals surface area contributed by atoms with Crippen LogP contribution in [0.3, 0.4) is 0 Å². The first-order valence-electron chi connectivity index (χ1n) is 10.6. The second-order valence-electron chi connectivity index (χ2n) is 7.86. The molecule has 1 unspecified atom stereocenters. The third-order valence-corrected chi connectivity index (χ3v) is 5.68. The monoisotopic (exact) mass is 427 g/mol. The Kier molecular flexibility index (Phi) is 5.39. The van der Waals surface area contributed by atoms with Crippen molar-refractivity contribution in [3.8, 4) is 5.75 Å². The molecule has 0 saturated heterocycles. The summed E-state index contributed by atoms with van der Waals surface area (Å²) in [5, 5.41) is 6.91. The molecule has 1 aromatic heterocycles. The van der Waals surface area contributed by atoms with Gasteiger partial charge in [0.05, 0.1) is 11.7 Å². The summed E-state index contributed by atoms with van der Waals surface area (Å²) in [6.07, 6.45) is 1.87. The maximum atomic E-state index is 12.6. The number of urea groups is 1. The van der Waals surface area contributed by atoms with E-state index in [1.54, 1.807) is 0 Å². The molecule has 1 aliphatic heterocycles. The van der Waals surface area contributed by atoms with Crippen molar-refractivity contribution >= 4 is 34.0 Å². The minimum atomic E-state index is -0.308. The summed E-state index contributed by atoms with van der Waals surface area (Å²) in [5.74, 6) is 0.786. The molecule has 7 nitrogen and oxygen atoms in total. The molecule has 0 aliphatic carbocycles. The molecule has 0 spiro atoms. The van der Waals surface area contributed by atoms with Gasteiger partial charge in [0, 0.05) is 36.2 Å². The Morgan fingerprint density at radius 1 is 1.03 bits per heavy atom. The molecule has 162 valence electrons. The number of aromatic amines is 1. The fourth-order valence-corrected chi connectivity index (χ4v) is 4.02. The number of rotatable bonds is 5. The van der Waals surface area contributed by atoms with Crippen molar-refractivity contribution < 1.29 is 9.53 Å². The van der Waals surface area contributed by atoms with E-state index < -0.39 is 0 Å². The molecule has 0 bridgehead atoms. The van der Waals surface area contributed by atoms with Gasteiger partial charge in [-0.2, -0.15) is 0 Å². The molecule has 5 N–H and O–H groups in total. The van der Waals surface area contributed by atoms with Crippen LogP contribution in [0.5, 0.6) is 5.75 Å². The summed E-state index contributed by atoms with van der Waals surface area (Å²) in [7, 11) is 0. The number of carbonyl (C=O) groups excluding carboxylic acids is 1. The minimum Gasteiger partial charge on any atom is -0.489 e. The summed E-state index contributed by atoms with van der Waals surface area (Å²) >= 11 is 0. The summed E-state index contributed by atoms with van der Waals surface area (Å²) in [5.41, 5.74) is 10.5. The summed E-state index contributed by atoms with van der Waals surface area (Å²) < 4.78 is 5.93. The number of nitrogens with one attached hydrogen (secondary N) is 3. The number of ether oxygens (including phenoxy) is 1. The highest BCUT2D eigenvalue weighted by molar-refractivity contribution is 6.01. The highest BCUT2D eigenvalue weighted by atomic mass is 16.5. The predicted octanol–water partition coefficient (Wildman–Crippen LogP) is 4.54. The smallest absolute Gasteiger partial charge is 0.323 e. The summed E-state index contributed by atoms with van der Waals surface area (Å²) in [6, 6.07) is 23.4. The maximum Gasteiger partial charge on any atom is 0.323 e. The first kappa shape index (κ1) is 20.0. The first-order chi connectivity index (χ1) is 15.7. The van der Waals surface area contributed by atoms with E-state index >= 15 is 0 Å². The highest BCUT2D eigenvalue weighted by Crippen LogP contribution is 2.37. The van der Waals surface area contributed by atoms with Crippen molar-refractivity contribution in [1.29, 1.82) is 0 Å². The van der Waals surface area contributed by atoms with E-state index in [-0.39, 0.29) is 12.1 Å². The predicted molar refractivity (Wildman–Crippen MR) is 128 cm³/mol. The zero-order chi connectivity index (χ0) is 21.9. The van der Waals surface area contributed by atoms with Crippen LogP contribution in [0.4, 0.5) is 21.9 Å². The van der Waals surface area contributed by atoms with Crippen LogP contribution in [-0.2, 0) is 6.54 Å². The number of hydrogen-bond acceptors (Lipinski definition) is 4. The van der Waals surface area contributed by atoms with Gasteiger partial charge in [-0.1, -0.05) is 36.4 Å². The molecule has 7 heteroatoms. The number of amides is 2. The van der Waals surface area contributed by atoms with Crippen molar-refractivity contribution in [2.24, 2.45) is 5.73 Å². The van der Waals surface area contributed by atoms with Gasteiger partial charge in [0.2, 0.25) is 0 Å². The van der Waals surface area contributed by atoms with E-state index in [0.717, 1.165) is 22.3 Å². The SMILES string of the molecule is NCC1COc2ccc(NC(=O)Nc3ccc4cc[nH]c4c3)cc2N1Cc1ccccc1. The largest absolute Gasteiger partial charge is 0.489 e. The van der Waals surface area contributed by atoms with E-state index in [2.05, 4.69) is 32.7 Å². The lowest BCUT2D eigenvalue weighted by molar-refractivity contribution is 0.261. The Balaban J connectivity index is 1.35. The molecule has 5 rings (SSSR count). The Hall–Kier alpha value is -3.97. The van der Waals surface area contributed by atoms with E-state index in [0.29, 0.717) is 31.1 Å². The average Bonchev–Trinajstić information content (AvgIpc) is 3.28. The zero-order valence-electron chi connectivity index (χ0n) is 17.5. The topological polar surface area (TPSA) is 95.4 Å². The molecule has 32 heavy (non-hydrogen) atoms. The summed E-state index contributed by atoms with van der Waals surface area (Å²) in [6.45, 7) is 1.72. The number of H-pyrrole nitrogens is 1.